The van der Waals surface area contributed by atoms with Crippen LogP contribution in [0.1, 0.15) is 13.8 Å². The number of hydrogen-bond donors (Lipinski definition) is 2. The monoisotopic (exact) mass is 398 g/mol. The van der Waals surface area contributed by atoms with Gasteiger partial charge in [0.15, 0.2) is 5.13 Å². The van der Waals surface area contributed by atoms with Gasteiger partial charge in [0.1, 0.15) is 0 Å². The molecule has 0 unspecified atom stereocenters. The van der Waals surface area contributed by atoms with Gasteiger partial charge in [-0.2, -0.15) is 4.31 Å². The number of rotatable bonds is 5. The summed E-state index contributed by atoms with van der Waals surface area (Å²) in [6.45, 7) is 4.40. The van der Waals surface area contributed by atoms with Gasteiger partial charge in [0.2, 0.25) is 10.0 Å². The van der Waals surface area contributed by atoms with Crippen molar-refractivity contribution in [1.82, 2.24) is 14.6 Å². The number of amides is 2. The van der Waals surface area contributed by atoms with E-state index < -0.39 is 16.1 Å². The highest BCUT2D eigenvalue weighted by Gasteiger charge is 2.30. The van der Waals surface area contributed by atoms with Crippen LogP contribution in [0.25, 0.3) is 10.2 Å². The average Bonchev–Trinajstić information content (AvgIpc) is 2.95. The predicted octanol–water partition coefficient (Wildman–Crippen LogP) is 1.86. The molecular formula is C16H22N4O4S2. The van der Waals surface area contributed by atoms with Gasteiger partial charge in [0, 0.05) is 19.6 Å². The molecule has 1 aromatic heterocycles. The molecule has 2 atom stereocenters. The number of anilines is 1. The van der Waals surface area contributed by atoms with Gasteiger partial charge in [0.25, 0.3) is 0 Å². The van der Waals surface area contributed by atoms with E-state index in [1.54, 1.807) is 0 Å². The molecule has 1 fully saturated rings. The third-order valence-corrected chi connectivity index (χ3v) is 6.70. The molecule has 0 spiro atoms. The van der Waals surface area contributed by atoms with E-state index in [2.05, 4.69) is 15.6 Å². The highest BCUT2D eigenvalue weighted by molar-refractivity contribution is 7.89. The zero-order valence-corrected chi connectivity index (χ0v) is 16.3. The number of para-hydroxylation sites is 1. The van der Waals surface area contributed by atoms with Crippen molar-refractivity contribution in [3.8, 4) is 0 Å². The first-order valence-electron chi connectivity index (χ1n) is 8.37. The summed E-state index contributed by atoms with van der Waals surface area (Å²) >= 11 is 1.36. The van der Waals surface area contributed by atoms with E-state index in [9.17, 15) is 13.2 Å². The van der Waals surface area contributed by atoms with Crippen LogP contribution < -0.4 is 10.6 Å². The first-order chi connectivity index (χ1) is 12.3. The lowest BCUT2D eigenvalue weighted by Gasteiger charge is -2.34. The van der Waals surface area contributed by atoms with Crippen LogP contribution in [0.2, 0.25) is 0 Å². The normalized spacial score (nSPS) is 21.6. The van der Waals surface area contributed by atoms with E-state index in [0.717, 1.165) is 10.2 Å². The summed E-state index contributed by atoms with van der Waals surface area (Å²) in [6, 6.07) is 7.11. The molecular weight excluding hydrogens is 376 g/mol. The van der Waals surface area contributed by atoms with Gasteiger partial charge in [-0.15, -0.1) is 0 Å². The Morgan fingerprint density at radius 1 is 1.31 bits per heavy atom. The van der Waals surface area contributed by atoms with Crippen molar-refractivity contribution >= 4 is 42.7 Å². The number of sulfonamides is 1. The molecule has 2 amide bonds. The van der Waals surface area contributed by atoms with E-state index in [1.165, 1.54) is 15.6 Å². The van der Waals surface area contributed by atoms with E-state index >= 15 is 0 Å². The molecule has 0 saturated carbocycles. The maximum absolute atomic E-state index is 12.4. The minimum atomic E-state index is -3.44. The number of fused-ring (bicyclic) bond motifs is 1. The van der Waals surface area contributed by atoms with Crippen molar-refractivity contribution in [2.45, 2.75) is 26.1 Å². The smallest absolute Gasteiger partial charge is 0.321 e. The second kappa shape index (κ2) is 7.87. The standard InChI is InChI=1S/C16H22N4O4S2/c1-11-9-20(10-12(2)24-11)26(22,23)8-7-17-15(21)19-16-18-13-5-3-4-6-14(13)25-16/h3-6,11-12H,7-10H2,1-2H3,(H2,17,18,19,21)/t11-,12-/m0/s1. The summed E-state index contributed by atoms with van der Waals surface area (Å²) < 4.78 is 32.8. The number of urea groups is 1. The van der Waals surface area contributed by atoms with E-state index in [-0.39, 0.29) is 24.5 Å². The predicted molar refractivity (Wildman–Crippen MR) is 102 cm³/mol. The zero-order chi connectivity index (χ0) is 18.7. The molecule has 1 saturated heterocycles. The molecule has 0 radical (unpaired) electrons. The number of aromatic nitrogens is 1. The number of carbonyl (C=O) groups is 1. The lowest BCUT2D eigenvalue weighted by atomic mass is 10.3. The number of carbonyl (C=O) groups excluding carboxylic acids is 1. The maximum atomic E-state index is 12.4. The van der Waals surface area contributed by atoms with Crippen LogP contribution >= 0.6 is 11.3 Å². The van der Waals surface area contributed by atoms with Gasteiger partial charge in [-0.05, 0) is 26.0 Å². The van der Waals surface area contributed by atoms with Gasteiger partial charge >= 0.3 is 6.03 Å². The van der Waals surface area contributed by atoms with Crippen molar-refractivity contribution in [3.63, 3.8) is 0 Å². The number of nitrogens with zero attached hydrogens (tertiary/aromatic N) is 2. The van der Waals surface area contributed by atoms with Gasteiger partial charge in [-0.25, -0.2) is 18.2 Å². The number of morpholine rings is 1. The summed E-state index contributed by atoms with van der Waals surface area (Å²) in [4.78, 5) is 16.3. The summed E-state index contributed by atoms with van der Waals surface area (Å²) in [5, 5.41) is 5.69. The SMILES string of the molecule is C[C@H]1CN(S(=O)(=O)CCNC(=O)Nc2nc3ccccc3s2)C[C@H](C)O1. The lowest BCUT2D eigenvalue weighted by molar-refractivity contribution is -0.0440. The van der Waals surface area contributed by atoms with Crippen LogP contribution in [-0.4, -0.2) is 61.3 Å². The van der Waals surface area contributed by atoms with Crippen molar-refractivity contribution < 1.29 is 17.9 Å². The fraction of sp³-hybridized carbons (Fsp3) is 0.500. The Hall–Kier alpha value is -1.75. The van der Waals surface area contributed by atoms with Crippen molar-refractivity contribution in [2.24, 2.45) is 0 Å². The quantitative estimate of drug-likeness (QED) is 0.801. The van der Waals surface area contributed by atoms with Crippen LogP contribution in [-0.2, 0) is 14.8 Å². The van der Waals surface area contributed by atoms with Crippen LogP contribution in [0.3, 0.4) is 0 Å². The van der Waals surface area contributed by atoms with E-state index in [0.29, 0.717) is 18.2 Å². The maximum Gasteiger partial charge on any atom is 0.321 e. The largest absolute Gasteiger partial charge is 0.373 e. The Balaban J connectivity index is 1.49. The van der Waals surface area contributed by atoms with Crippen LogP contribution in [0.4, 0.5) is 9.93 Å². The molecule has 3 rings (SSSR count). The lowest BCUT2D eigenvalue weighted by Crippen LogP contribution is -2.49. The van der Waals surface area contributed by atoms with Crippen molar-refractivity contribution in [2.75, 3.05) is 30.7 Å². The van der Waals surface area contributed by atoms with Crippen molar-refractivity contribution in [1.29, 1.82) is 0 Å². The highest BCUT2D eigenvalue weighted by Crippen LogP contribution is 2.25. The Bertz CT molecular complexity index is 840. The Morgan fingerprint density at radius 3 is 2.69 bits per heavy atom. The second-order valence-corrected chi connectivity index (χ2v) is 9.38. The van der Waals surface area contributed by atoms with Gasteiger partial charge in [-0.1, -0.05) is 23.5 Å². The molecule has 1 aromatic carbocycles. The molecule has 2 aromatic rings. The van der Waals surface area contributed by atoms with Crippen LogP contribution in [0.15, 0.2) is 24.3 Å². The first kappa shape index (κ1) is 19.0. The molecule has 10 heteroatoms. The number of thiazole rings is 1. The van der Waals surface area contributed by atoms with E-state index in [4.69, 9.17) is 4.74 Å². The molecule has 8 nitrogen and oxygen atoms in total. The molecule has 2 N–H and O–H groups in total. The third-order valence-electron chi connectivity index (χ3n) is 3.94. The topological polar surface area (TPSA) is 101 Å². The minimum Gasteiger partial charge on any atom is -0.373 e. The first-order valence-corrected chi connectivity index (χ1v) is 10.8. The molecule has 0 aliphatic carbocycles. The Kier molecular flexibility index (Phi) is 5.76. The average molecular weight is 399 g/mol. The van der Waals surface area contributed by atoms with Gasteiger partial charge in [0.05, 0.1) is 28.2 Å². The minimum absolute atomic E-state index is 0.0270. The zero-order valence-electron chi connectivity index (χ0n) is 14.6. The molecule has 1 aliphatic heterocycles. The Labute approximate surface area is 156 Å². The number of ether oxygens (including phenoxy) is 1. The summed E-state index contributed by atoms with van der Waals surface area (Å²) in [6.07, 6.45) is -0.271. The fourth-order valence-corrected chi connectivity index (χ4v) is 5.20. The number of benzene rings is 1. The molecule has 26 heavy (non-hydrogen) atoms. The van der Waals surface area contributed by atoms with Gasteiger partial charge in [-0.3, -0.25) is 5.32 Å². The molecule has 0 bridgehead atoms. The van der Waals surface area contributed by atoms with Crippen molar-refractivity contribution in [3.05, 3.63) is 24.3 Å². The Morgan fingerprint density at radius 2 is 2.00 bits per heavy atom. The summed E-state index contributed by atoms with van der Waals surface area (Å²) in [7, 11) is -3.44. The fourth-order valence-electron chi connectivity index (χ4n) is 2.85. The highest BCUT2D eigenvalue weighted by atomic mass is 32.2. The van der Waals surface area contributed by atoms with Gasteiger partial charge < -0.3 is 10.1 Å². The molecule has 2 heterocycles. The number of hydrogen-bond acceptors (Lipinski definition) is 6. The summed E-state index contributed by atoms with van der Waals surface area (Å²) in [5.41, 5.74) is 0.811. The van der Waals surface area contributed by atoms with E-state index in [1.807, 2.05) is 38.1 Å². The van der Waals surface area contributed by atoms with Crippen LogP contribution in [0.5, 0.6) is 0 Å². The third kappa shape index (κ3) is 4.70. The molecule has 142 valence electrons. The second-order valence-electron chi connectivity index (χ2n) is 6.26. The van der Waals surface area contributed by atoms with Crippen LogP contribution in [0, 0.1) is 0 Å². The summed E-state index contributed by atoms with van der Waals surface area (Å²) in [5.74, 6) is -0.153. The number of nitrogens with one attached hydrogen (secondary N) is 2. The molecule has 1 aliphatic rings.